The van der Waals surface area contributed by atoms with Gasteiger partial charge < -0.3 is 15.3 Å². The SMILES string of the molecule is CCC(CO)(CO)/C([O-])=N/S(=O)(=O)C1CC1. The molecule has 0 radical (unpaired) electrons. The van der Waals surface area contributed by atoms with E-state index in [0.29, 0.717) is 12.8 Å². The Hall–Kier alpha value is -0.660. The van der Waals surface area contributed by atoms with Gasteiger partial charge in [0.2, 0.25) is 0 Å². The number of aliphatic hydroxyl groups is 2. The molecule has 0 saturated heterocycles. The van der Waals surface area contributed by atoms with E-state index in [9.17, 15) is 13.5 Å². The topological polar surface area (TPSA) is 110 Å². The lowest BCUT2D eigenvalue weighted by atomic mass is 9.87. The van der Waals surface area contributed by atoms with E-state index in [4.69, 9.17) is 10.2 Å². The Morgan fingerprint density at radius 3 is 2.25 bits per heavy atom. The fourth-order valence-electron chi connectivity index (χ4n) is 1.21. The predicted molar refractivity (Wildman–Crippen MR) is 56.3 cm³/mol. The van der Waals surface area contributed by atoms with E-state index in [2.05, 4.69) is 4.40 Å². The number of rotatable bonds is 6. The van der Waals surface area contributed by atoms with Crippen molar-refractivity contribution in [2.45, 2.75) is 31.4 Å². The van der Waals surface area contributed by atoms with Gasteiger partial charge in [-0.1, -0.05) is 6.92 Å². The van der Waals surface area contributed by atoms with Gasteiger partial charge in [-0.05, 0) is 25.2 Å². The first kappa shape index (κ1) is 13.4. The van der Waals surface area contributed by atoms with Gasteiger partial charge in [-0.2, -0.15) is 4.40 Å². The normalized spacial score (nSPS) is 18.8. The number of hydrogen-bond acceptors (Lipinski definition) is 5. The summed E-state index contributed by atoms with van der Waals surface area (Å²) in [7, 11) is -3.75. The number of sulfonamides is 1. The largest absolute Gasteiger partial charge is 0.861 e. The summed E-state index contributed by atoms with van der Waals surface area (Å²) in [6, 6.07) is 0. The molecule has 0 aromatic rings. The minimum Gasteiger partial charge on any atom is -0.861 e. The van der Waals surface area contributed by atoms with Crippen LogP contribution < -0.4 is 5.11 Å². The molecule has 94 valence electrons. The highest BCUT2D eigenvalue weighted by atomic mass is 32.2. The summed E-state index contributed by atoms with van der Waals surface area (Å²) in [5.74, 6) is -0.952. The van der Waals surface area contributed by atoms with E-state index in [0.717, 1.165) is 0 Å². The second-order valence-corrected chi connectivity index (χ2v) is 5.94. The second kappa shape index (κ2) is 4.68. The molecule has 0 unspecified atom stereocenters. The van der Waals surface area contributed by atoms with Crippen molar-refractivity contribution in [3.05, 3.63) is 0 Å². The smallest absolute Gasteiger partial charge is 0.255 e. The molecule has 7 heteroatoms. The molecule has 0 atom stereocenters. The average molecular weight is 250 g/mol. The molecule has 1 fully saturated rings. The number of nitrogens with zero attached hydrogens (tertiary/aromatic N) is 1. The summed E-state index contributed by atoms with van der Waals surface area (Å²) in [5, 5.41) is 29.2. The van der Waals surface area contributed by atoms with Crippen molar-refractivity contribution in [1.29, 1.82) is 0 Å². The highest BCUT2D eigenvalue weighted by molar-refractivity contribution is 7.91. The maximum absolute atomic E-state index is 11.6. The Morgan fingerprint density at radius 2 is 1.94 bits per heavy atom. The molecule has 0 bridgehead atoms. The summed E-state index contributed by atoms with van der Waals surface area (Å²) in [4.78, 5) is 0. The summed E-state index contributed by atoms with van der Waals surface area (Å²) >= 11 is 0. The van der Waals surface area contributed by atoms with Crippen LogP contribution in [0.3, 0.4) is 0 Å². The van der Waals surface area contributed by atoms with Crippen LogP contribution >= 0.6 is 0 Å². The molecule has 16 heavy (non-hydrogen) atoms. The fraction of sp³-hybridized carbons (Fsp3) is 0.889. The zero-order valence-electron chi connectivity index (χ0n) is 9.09. The monoisotopic (exact) mass is 250 g/mol. The standard InChI is InChI=1S/C9H17NO5S/c1-2-9(5-11,6-12)8(13)10-16(14,15)7-3-4-7/h7,11-12H,2-6H2,1H3,(H,10,13)/p-1. The Morgan fingerprint density at radius 1 is 1.44 bits per heavy atom. The highest BCUT2D eigenvalue weighted by Crippen LogP contribution is 2.31. The quantitative estimate of drug-likeness (QED) is 0.446. The summed E-state index contributed by atoms with van der Waals surface area (Å²) in [5.41, 5.74) is -1.47. The first-order chi connectivity index (χ1) is 7.41. The van der Waals surface area contributed by atoms with Gasteiger partial charge in [0.1, 0.15) is 0 Å². The molecule has 0 aromatic carbocycles. The van der Waals surface area contributed by atoms with Crippen LogP contribution in [-0.2, 0) is 10.0 Å². The van der Waals surface area contributed by atoms with E-state index < -0.39 is 39.8 Å². The van der Waals surface area contributed by atoms with Crippen LogP contribution in [0.4, 0.5) is 0 Å². The van der Waals surface area contributed by atoms with Gasteiger partial charge in [0.15, 0.2) is 0 Å². The third-order valence-corrected chi connectivity index (χ3v) is 4.63. The molecule has 0 spiro atoms. The molecule has 1 aliphatic carbocycles. The Labute approximate surface area is 94.7 Å². The van der Waals surface area contributed by atoms with Crippen molar-refractivity contribution < 1.29 is 23.7 Å². The van der Waals surface area contributed by atoms with Crippen molar-refractivity contribution in [1.82, 2.24) is 0 Å². The van der Waals surface area contributed by atoms with Crippen LogP contribution in [0.5, 0.6) is 0 Å². The van der Waals surface area contributed by atoms with Gasteiger partial charge in [-0.15, -0.1) is 0 Å². The van der Waals surface area contributed by atoms with Crippen LogP contribution in [0, 0.1) is 5.41 Å². The number of hydrogen-bond donors (Lipinski definition) is 2. The van der Waals surface area contributed by atoms with E-state index in [1.165, 1.54) is 0 Å². The van der Waals surface area contributed by atoms with Gasteiger partial charge in [-0.25, -0.2) is 8.42 Å². The molecule has 1 aliphatic rings. The van der Waals surface area contributed by atoms with E-state index >= 15 is 0 Å². The molecule has 6 nitrogen and oxygen atoms in total. The summed E-state index contributed by atoms with van der Waals surface area (Å²) in [6.45, 7) is 0.370. The van der Waals surface area contributed by atoms with Gasteiger partial charge in [0.05, 0.1) is 18.5 Å². The van der Waals surface area contributed by atoms with Gasteiger partial charge in [0.25, 0.3) is 10.0 Å². The van der Waals surface area contributed by atoms with Gasteiger partial charge in [-0.3, -0.25) is 0 Å². The van der Waals surface area contributed by atoms with Crippen LogP contribution in [0.2, 0.25) is 0 Å². The summed E-state index contributed by atoms with van der Waals surface area (Å²) in [6.07, 6.45) is 1.19. The average Bonchev–Trinajstić information content (AvgIpc) is 3.04. The Bertz CT molecular complexity index is 359. The van der Waals surface area contributed by atoms with Crippen molar-refractivity contribution in [3.63, 3.8) is 0 Å². The van der Waals surface area contributed by atoms with Crippen molar-refractivity contribution in [2.75, 3.05) is 13.2 Å². The predicted octanol–water partition coefficient (Wildman–Crippen LogP) is -1.38. The van der Waals surface area contributed by atoms with Crippen LogP contribution in [-0.4, -0.2) is 43.0 Å². The third kappa shape index (κ3) is 2.53. The molecule has 2 N–H and O–H groups in total. The fourth-order valence-corrected chi connectivity index (χ4v) is 2.52. The summed E-state index contributed by atoms with van der Waals surface area (Å²) < 4.78 is 26.1. The van der Waals surface area contributed by atoms with Crippen molar-refractivity contribution in [3.8, 4) is 0 Å². The Kier molecular flexibility index (Phi) is 3.92. The molecule has 0 aliphatic heterocycles. The number of aliphatic hydroxyl groups excluding tert-OH is 2. The van der Waals surface area contributed by atoms with Crippen molar-refractivity contribution in [2.24, 2.45) is 9.81 Å². The van der Waals surface area contributed by atoms with E-state index in [-0.39, 0.29) is 6.42 Å². The zero-order chi connectivity index (χ0) is 12.4. The molecule has 0 aromatic heterocycles. The molecule has 1 saturated carbocycles. The molecule has 0 amide bonds. The minimum atomic E-state index is -3.75. The maximum atomic E-state index is 11.6. The van der Waals surface area contributed by atoms with Crippen LogP contribution in [0.25, 0.3) is 0 Å². The molecule has 0 heterocycles. The molecular weight excluding hydrogens is 234 g/mol. The van der Waals surface area contributed by atoms with Gasteiger partial charge >= 0.3 is 0 Å². The highest BCUT2D eigenvalue weighted by Gasteiger charge is 2.37. The Balaban J connectivity index is 2.98. The minimum absolute atomic E-state index is 0.141. The third-order valence-electron chi connectivity index (χ3n) is 2.89. The lowest BCUT2D eigenvalue weighted by Crippen LogP contribution is -2.45. The van der Waals surface area contributed by atoms with E-state index in [1.807, 2.05) is 0 Å². The van der Waals surface area contributed by atoms with Crippen LogP contribution in [0.1, 0.15) is 26.2 Å². The first-order valence-electron chi connectivity index (χ1n) is 5.15. The maximum Gasteiger partial charge on any atom is 0.255 e. The van der Waals surface area contributed by atoms with Gasteiger partial charge in [0, 0.05) is 5.41 Å². The lowest BCUT2D eigenvalue weighted by Gasteiger charge is -2.33. The van der Waals surface area contributed by atoms with Crippen LogP contribution in [0.15, 0.2) is 4.40 Å². The zero-order valence-corrected chi connectivity index (χ0v) is 9.90. The molecular formula is C9H16NO5S-. The second-order valence-electron chi connectivity index (χ2n) is 4.06. The lowest BCUT2D eigenvalue weighted by molar-refractivity contribution is -0.235. The molecule has 1 rings (SSSR count). The first-order valence-corrected chi connectivity index (χ1v) is 6.65. The van der Waals surface area contributed by atoms with Crippen molar-refractivity contribution >= 4 is 15.9 Å². The van der Waals surface area contributed by atoms with E-state index in [1.54, 1.807) is 6.92 Å².